The number of halogens is 1. The van der Waals surface area contributed by atoms with Crippen LogP contribution in [0.25, 0.3) is 10.9 Å². The SMILES string of the molecule is Cc1cccc2[nH]c(C(=O)Oc3ccccc3)c(Sc3ccc(Cl)cc3)c12. The van der Waals surface area contributed by atoms with Crippen molar-refractivity contribution in [1.82, 2.24) is 4.98 Å². The summed E-state index contributed by atoms with van der Waals surface area (Å²) in [5, 5.41) is 1.70. The van der Waals surface area contributed by atoms with Gasteiger partial charge in [0.15, 0.2) is 0 Å². The summed E-state index contributed by atoms with van der Waals surface area (Å²) < 4.78 is 5.56. The number of aromatic amines is 1. The van der Waals surface area contributed by atoms with Crippen LogP contribution in [0.2, 0.25) is 5.02 Å². The summed E-state index contributed by atoms with van der Waals surface area (Å²) in [5.74, 6) is 0.105. The van der Waals surface area contributed by atoms with Crippen molar-refractivity contribution in [2.24, 2.45) is 0 Å². The van der Waals surface area contributed by atoms with Crippen LogP contribution in [0.15, 0.2) is 82.6 Å². The molecule has 1 heterocycles. The van der Waals surface area contributed by atoms with Gasteiger partial charge in [0.25, 0.3) is 0 Å². The molecule has 0 aliphatic heterocycles. The fourth-order valence-electron chi connectivity index (χ4n) is 2.90. The first-order valence-electron chi connectivity index (χ1n) is 8.44. The molecule has 0 atom stereocenters. The van der Waals surface area contributed by atoms with Crippen LogP contribution in [0.3, 0.4) is 0 Å². The summed E-state index contributed by atoms with van der Waals surface area (Å²) in [5.41, 5.74) is 2.45. The van der Waals surface area contributed by atoms with Crippen LogP contribution in [-0.2, 0) is 0 Å². The Balaban J connectivity index is 1.78. The van der Waals surface area contributed by atoms with Crippen LogP contribution in [0, 0.1) is 6.92 Å². The Morgan fingerprint density at radius 1 is 0.963 bits per heavy atom. The summed E-state index contributed by atoms with van der Waals surface area (Å²) in [6, 6.07) is 22.6. The van der Waals surface area contributed by atoms with E-state index >= 15 is 0 Å². The fourth-order valence-corrected chi connectivity index (χ4v) is 4.15. The second-order valence-electron chi connectivity index (χ2n) is 6.09. The van der Waals surface area contributed by atoms with Gasteiger partial charge in [-0.05, 0) is 55.0 Å². The summed E-state index contributed by atoms with van der Waals surface area (Å²) in [6.45, 7) is 2.04. The first-order valence-corrected chi connectivity index (χ1v) is 9.63. The Morgan fingerprint density at radius 2 is 1.70 bits per heavy atom. The van der Waals surface area contributed by atoms with E-state index in [2.05, 4.69) is 4.98 Å². The number of hydrogen-bond acceptors (Lipinski definition) is 3. The van der Waals surface area contributed by atoms with E-state index in [4.69, 9.17) is 16.3 Å². The first-order chi connectivity index (χ1) is 13.1. The highest BCUT2D eigenvalue weighted by atomic mass is 35.5. The lowest BCUT2D eigenvalue weighted by Gasteiger charge is -2.07. The lowest BCUT2D eigenvalue weighted by atomic mass is 10.1. The first kappa shape index (κ1) is 17.7. The molecule has 0 amide bonds. The van der Waals surface area contributed by atoms with Crippen molar-refractivity contribution >= 4 is 40.2 Å². The van der Waals surface area contributed by atoms with E-state index in [1.807, 2.05) is 67.6 Å². The van der Waals surface area contributed by atoms with Gasteiger partial charge in [-0.15, -0.1) is 0 Å². The van der Waals surface area contributed by atoms with Crippen molar-refractivity contribution in [1.29, 1.82) is 0 Å². The molecule has 0 radical (unpaired) electrons. The summed E-state index contributed by atoms with van der Waals surface area (Å²) in [7, 11) is 0. The molecule has 0 aliphatic carbocycles. The highest BCUT2D eigenvalue weighted by Crippen LogP contribution is 2.39. The highest BCUT2D eigenvalue weighted by Gasteiger charge is 2.21. The van der Waals surface area contributed by atoms with Gasteiger partial charge in [0.1, 0.15) is 11.4 Å². The van der Waals surface area contributed by atoms with Gasteiger partial charge in [-0.3, -0.25) is 0 Å². The lowest BCUT2D eigenvalue weighted by molar-refractivity contribution is 0.0726. The molecule has 3 aromatic carbocycles. The number of carbonyl (C=O) groups excluding carboxylic acids is 1. The number of para-hydroxylation sites is 1. The quantitative estimate of drug-likeness (QED) is 0.318. The molecule has 5 heteroatoms. The molecule has 0 saturated heterocycles. The summed E-state index contributed by atoms with van der Waals surface area (Å²) in [6.07, 6.45) is 0. The number of esters is 1. The van der Waals surface area contributed by atoms with E-state index in [9.17, 15) is 4.79 Å². The van der Waals surface area contributed by atoms with E-state index in [1.165, 1.54) is 11.8 Å². The zero-order valence-electron chi connectivity index (χ0n) is 14.5. The summed E-state index contributed by atoms with van der Waals surface area (Å²) in [4.78, 5) is 18.0. The van der Waals surface area contributed by atoms with Gasteiger partial charge in [-0.1, -0.05) is 53.7 Å². The summed E-state index contributed by atoms with van der Waals surface area (Å²) >= 11 is 7.52. The van der Waals surface area contributed by atoms with E-state index in [0.717, 1.165) is 26.3 Å². The molecule has 0 aliphatic rings. The molecule has 1 aromatic heterocycles. The number of H-pyrrole nitrogens is 1. The monoisotopic (exact) mass is 393 g/mol. The van der Waals surface area contributed by atoms with E-state index < -0.39 is 5.97 Å². The maximum atomic E-state index is 12.9. The number of aryl methyl sites for hydroxylation is 1. The van der Waals surface area contributed by atoms with E-state index in [0.29, 0.717) is 16.5 Å². The standard InChI is InChI=1S/C22H16ClNO2S/c1-14-6-5-9-18-19(14)21(27-17-12-10-15(23)11-13-17)20(24-18)22(25)26-16-7-3-2-4-8-16/h2-13,24H,1H3. The van der Waals surface area contributed by atoms with Crippen LogP contribution >= 0.6 is 23.4 Å². The molecule has 3 nitrogen and oxygen atoms in total. The number of nitrogens with one attached hydrogen (secondary N) is 1. The van der Waals surface area contributed by atoms with E-state index in [-0.39, 0.29) is 0 Å². The van der Waals surface area contributed by atoms with Gasteiger partial charge in [-0.2, -0.15) is 0 Å². The van der Waals surface area contributed by atoms with Crippen molar-refractivity contribution in [2.45, 2.75) is 16.7 Å². The minimum absolute atomic E-state index is 0.409. The van der Waals surface area contributed by atoms with Crippen molar-refractivity contribution in [3.05, 3.63) is 89.1 Å². The zero-order chi connectivity index (χ0) is 18.8. The minimum atomic E-state index is -0.409. The molecule has 1 N–H and O–H groups in total. The topological polar surface area (TPSA) is 42.1 Å². The number of rotatable bonds is 4. The van der Waals surface area contributed by atoms with Crippen molar-refractivity contribution in [3.63, 3.8) is 0 Å². The molecule has 0 saturated carbocycles. The van der Waals surface area contributed by atoms with Crippen molar-refractivity contribution in [3.8, 4) is 5.75 Å². The second kappa shape index (κ2) is 7.51. The maximum Gasteiger partial charge on any atom is 0.361 e. The predicted octanol–water partition coefficient (Wildman–Crippen LogP) is 6.50. The van der Waals surface area contributed by atoms with Crippen LogP contribution in [0.1, 0.15) is 16.1 Å². The Hall–Kier alpha value is -2.69. The number of ether oxygens (including phenoxy) is 1. The molecule has 4 aromatic rings. The Labute approximate surface area is 166 Å². The van der Waals surface area contributed by atoms with Gasteiger partial charge in [0.2, 0.25) is 0 Å². The highest BCUT2D eigenvalue weighted by molar-refractivity contribution is 7.99. The van der Waals surface area contributed by atoms with Gasteiger partial charge in [-0.25, -0.2) is 4.79 Å². The largest absolute Gasteiger partial charge is 0.422 e. The number of aromatic nitrogens is 1. The molecule has 4 rings (SSSR count). The number of carbonyl (C=O) groups is 1. The van der Waals surface area contributed by atoms with Gasteiger partial charge >= 0.3 is 5.97 Å². The lowest BCUT2D eigenvalue weighted by Crippen LogP contribution is -2.10. The van der Waals surface area contributed by atoms with Crippen LogP contribution in [0.5, 0.6) is 5.75 Å². The number of hydrogen-bond donors (Lipinski definition) is 1. The predicted molar refractivity (Wildman–Crippen MR) is 110 cm³/mol. The zero-order valence-corrected chi connectivity index (χ0v) is 16.1. The van der Waals surface area contributed by atoms with Gasteiger partial charge < -0.3 is 9.72 Å². The van der Waals surface area contributed by atoms with Gasteiger partial charge in [0.05, 0.1) is 4.90 Å². The van der Waals surface area contributed by atoms with Crippen LogP contribution < -0.4 is 4.74 Å². The molecule has 0 unspecified atom stereocenters. The fraction of sp³-hybridized carbons (Fsp3) is 0.0455. The second-order valence-corrected chi connectivity index (χ2v) is 7.61. The Kier molecular flexibility index (Phi) is 4.92. The third-order valence-electron chi connectivity index (χ3n) is 4.18. The number of benzene rings is 3. The Bertz CT molecular complexity index is 1100. The van der Waals surface area contributed by atoms with Gasteiger partial charge in [0, 0.05) is 20.8 Å². The van der Waals surface area contributed by atoms with Crippen LogP contribution in [-0.4, -0.2) is 11.0 Å². The van der Waals surface area contributed by atoms with Crippen LogP contribution in [0.4, 0.5) is 0 Å². The molecule has 27 heavy (non-hydrogen) atoms. The molecule has 134 valence electrons. The maximum absolute atomic E-state index is 12.9. The van der Waals surface area contributed by atoms with Crippen molar-refractivity contribution < 1.29 is 9.53 Å². The van der Waals surface area contributed by atoms with E-state index in [1.54, 1.807) is 12.1 Å². The third-order valence-corrected chi connectivity index (χ3v) is 5.55. The molecular weight excluding hydrogens is 378 g/mol. The molecule has 0 spiro atoms. The van der Waals surface area contributed by atoms with Crippen molar-refractivity contribution in [2.75, 3.05) is 0 Å². The molecule has 0 bridgehead atoms. The molecule has 0 fully saturated rings. The Morgan fingerprint density at radius 3 is 2.44 bits per heavy atom. The average Bonchev–Trinajstić information content (AvgIpc) is 3.04. The minimum Gasteiger partial charge on any atom is -0.422 e. The average molecular weight is 394 g/mol. The third kappa shape index (κ3) is 3.72. The smallest absolute Gasteiger partial charge is 0.361 e. The molecular formula is C22H16ClNO2S. The normalized spacial score (nSPS) is 10.9. The number of fused-ring (bicyclic) bond motifs is 1.